The van der Waals surface area contributed by atoms with E-state index in [2.05, 4.69) is 41.0 Å². The maximum absolute atomic E-state index is 5.51. The summed E-state index contributed by atoms with van der Waals surface area (Å²) in [6.07, 6.45) is 1.61. The van der Waals surface area contributed by atoms with E-state index < -0.39 is 0 Å². The summed E-state index contributed by atoms with van der Waals surface area (Å²) in [5.41, 5.74) is 6.63. The van der Waals surface area contributed by atoms with Crippen molar-refractivity contribution in [3.05, 3.63) is 23.3 Å². The Hall–Kier alpha value is -1.69. The second-order valence-corrected chi connectivity index (χ2v) is 5.57. The van der Waals surface area contributed by atoms with E-state index in [0.29, 0.717) is 5.82 Å². The summed E-state index contributed by atoms with van der Waals surface area (Å²) in [4.78, 5) is 12.4. The summed E-state index contributed by atoms with van der Waals surface area (Å²) in [5, 5.41) is 5.97. The smallest absolute Gasteiger partial charge is 0.221 e. The average Bonchev–Trinajstić information content (AvgIpc) is 2.65. The molecular weight excluding hydrogens is 234 g/mol. The highest BCUT2D eigenvalue weighted by Gasteiger charge is 2.17. The summed E-state index contributed by atoms with van der Waals surface area (Å²) in [7, 11) is 0. The van der Waals surface area contributed by atoms with E-state index in [1.807, 2.05) is 5.38 Å². The van der Waals surface area contributed by atoms with Crippen molar-refractivity contribution >= 4 is 28.2 Å². The molecule has 0 radical (unpaired) electrons. The molecule has 0 unspecified atom stereocenters. The van der Waals surface area contributed by atoms with Gasteiger partial charge in [0.2, 0.25) is 5.95 Å². The van der Waals surface area contributed by atoms with E-state index >= 15 is 0 Å². The average molecular weight is 249 g/mol. The van der Waals surface area contributed by atoms with E-state index in [9.17, 15) is 0 Å². The molecule has 2 rings (SSSR count). The van der Waals surface area contributed by atoms with Crippen molar-refractivity contribution in [3.63, 3.8) is 0 Å². The highest BCUT2D eigenvalue weighted by atomic mass is 32.1. The quantitative estimate of drug-likeness (QED) is 0.855. The number of rotatable bonds is 2. The molecule has 0 saturated heterocycles. The Kier molecular flexibility index (Phi) is 2.97. The third-order valence-electron chi connectivity index (χ3n) is 2.18. The molecule has 0 fully saturated rings. The maximum atomic E-state index is 5.51. The predicted molar refractivity (Wildman–Crippen MR) is 70.5 cm³/mol. The van der Waals surface area contributed by atoms with Gasteiger partial charge in [-0.1, -0.05) is 20.8 Å². The van der Waals surface area contributed by atoms with Crippen molar-refractivity contribution < 1.29 is 0 Å². The summed E-state index contributed by atoms with van der Waals surface area (Å²) >= 11 is 1.55. The molecule has 0 aliphatic heterocycles. The lowest BCUT2D eigenvalue weighted by Gasteiger charge is -2.14. The van der Waals surface area contributed by atoms with Gasteiger partial charge < -0.3 is 11.1 Å². The molecule has 6 heteroatoms. The van der Waals surface area contributed by atoms with Gasteiger partial charge >= 0.3 is 0 Å². The standard InChI is InChI=1S/C11H15N5S/c1-11(2,3)7-6-17-10(14-7)16-8-4-5-13-9(12)15-8/h4-6H,1-3H3,(H3,12,13,14,15,16). The van der Waals surface area contributed by atoms with Crippen molar-refractivity contribution in [2.75, 3.05) is 11.1 Å². The van der Waals surface area contributed by atoms with Crippen molar-refractivity contribution in [1.82, 2.24) is 15.0 Å². The lowest BCUT2D eigenvalue weighted by Crippen LogP contribution is -2.11. The molecule has 2 aromatic rings. The minimum absolute atomic E-state index is 0.0567. The zero-order valence-electron chi connectivity index (χ0n) is 10.1. The number of anilines is 3. The Morgan fingerprint density at radius 2 is 2.06 bits per heavy atom. The van der Waals surface area contributed by atoms with E-state index in [4.69, 9.17) is 5.73 Å². The van der Waals surface area contributed by atoms with Crippen LogP contribution < -0.4 is 11.1 Å². The first kappa shape index (κ1) is 11.8. The van der Waals surface area contributed by atoms with Crippen LogP contribution in [0.25, 0.3) is 0 Å². The van der Waals surface area contributed by atoms with E-state index in [0.717, 1.165) is 10.8 Å². The number of nitrogen functional groups attached to an aromatic ring is 1. The van der Waals surface area contributed by atoms with Crippen molar-refractivity contribution in [2.24, 2.45) is 0 Å². The molecule has 0 spiro atoms. The van der Waals surface area contributed by atoms with E-state index in [1.54, 1.807) is 23.6 Å². The van der Waals surface area contributed by atoms with Gasteiger partial charge in [0.25, 0.3) is 0 Å². The van der Waals surface area contributed by atoms with Gasteiger partial charge in [-0.25, -0.2) is 9.97 Å². The molecule has 0 bridgehead atoms. The second kappa shape index (κ2) is 4.29. The molecule has 2 aromatic heterocycles. The number of thiazole rings is 1. The first-order valence-electron chi connectivity index (χ1n) is 5.27. The van der Waals surface area contributed by atoms with Crippen LogP contribution in [-0.4, -0.2) is 15.0 Å². The molecule has 5 nitrogen and oxygen atoms in total. The molecule has 2 heterocycles. The molecule has 0 amide bonds. The fourth-order valence-electron chi connectivity index (χ4n) is 1.23. The topological polar surface area (TPSA) is 76.7 Å². The number of nitrogens with one attached hydrogen (secondary N) is 1. The van der Waals surface area contributed by atoms with E-state index in [-0.39, 0.29) is 11.4 Å². The molecule has 0 atom stereocenters. The zero-order chi connectivity index (χ0) is 12.5. The minimum Gasteiger partial charge on any atom is -0.368 e. The molecule has 0 aliphatic carbocycles. The SMILES string of the molecule is CC(C)(C)c1csc(Nc2ccnc(N)n2)n1. The molecular formula is C11H15N5S. The van der Waals surface area contributed by atoms with Crippen molar-refractivity contribution in [3.8, 4) is 0 Å². The second-order valence-electron chi connectivity index (χ2n) is 4.71. The van der Waals surface area contributed by atoms with Crippen LogP contribution in [0.5, 0.6) is 0 Å². The van der Waals surface area contributed by atoms with Gasteiger partial charge in [-0.2, -0.15) is 4.98 Å². The number of aromatic nitrogens is 3. The number of hydrogen-bond acceptors (Lipinski definition) is 6. The van der Waals surface area contributed by atoms with Gasteiger partial charge in [-0.05, 0) is 6.07 Å². The highest BCUT2D eigenvalue weighted by molar-refractivity contribution is 7.13. The predicted octanol–water partition coefficient (Wildman–Crippen LogP) is 2.56. The molecule has 90 valence electrons. The zero-order valence-corrected chi connectivity index (χ0v) is 10.9. The van der Waals surface area contributed by atoms with Crippen molar-refractivity contribution in [2.45, 2.75) is 26.2 Å². The third kappa shape index (κ3) is 2.91. The van der Waals surface area contributed by atoms with Crippen LogP contribution in [0.1, 0.15) is 26.5 Å². The van der Waals surface area contributed by atoms with Gasteiger partial charge in [0.15, 0.2) is 5.13 Å². The first-order chi connectivity index (χ1) is 7.95. The van der Waals surface area contributed by atoms with Crippen LogP contribution in [0.4, 0.5) is 16.9 Å². The van der Waals surface area contributed by atoms with Gasteiger partial charge in [0.1, 0.15) is 5.82 Å². The third-order valence-corrected chi connectivity index (χ3v) is 2.94. The normalized spacial score (nSPS) is 11.5. The van der Waals surface area contributed by atoms with Crippen LogP contribution >= 0.6 is 11.3 Å². The largest absolute Gasteiger partial charge is 0.368 e. The Morgan fingerprint density at radius 3 is 2.65 bits per heavy atom. The molecule has 0 saturated carbocycles. The fraction of sp³-hybridized carbons (Fsp3) is 0.364. The fourth-order valence-corrected chi connectivity index (χ4v) is 2.17. The van der Waals surface area contributed by atoms with Gasteiger partial charge in [-0.3, -0.25) is 0 Å². The summed E-state index contributed by atoms with van der Waals surface area (Å²) < 4.78 is 0. The summed E-state index contributed by atoms with van der Waals surface area (Å²) in [5.74, 6) is 0.912. The van der Waals surface area contributed by atoms with Gasteiger partial charge in [0.05, 0.1) is 5.69 Å². The molecule has 3 N–H and O–H groups in total. The van der Waals surface area contributed by atoms with Crippen LogP contribution in [0.3, 0.4) is 0 Å². The molecule has 0 aliphatic rings. The number of nitrogens with zero attached hydrogens (tertiary/aromatic N) is 3. The summed E-state index contributed by atoms with van der Waals surface area (Å²) in [6.45, 7) is 6.40. The van der Waals surface area contributed by atoms with Gasteiger partial charge in [-0.15, -0.1) is 11.3 Å². The molecule has 0 aromatic carbocycles. The van der Waals surface area contributed by atoms with Gasteiger partial charge in [0, 0.05) is 17.0 Å². The van der Waals surface area contributed by atoms with Crippen LogP contribution in [0, 0.1) is 0 Å². The Bertz CT molecular complexity index is 515. The van der Waals surface area contributed by atoms with Crippen molar-refractivity contribution in [1.29, 1.82) is 0 Å². The van der Waals surface area contributed by atoms with Crippen LogP contribution in [0.15, 0.2) is 17.6 Å². The Labute approximate surface area is 104 Å². The van der Waals surface area contributed by atoms with Crippen LogP contribution in [0.2, 0.25) is 0 Å². The Morgan fingerprint density at radius 1 is 1.29 bits per heavy atom. The monoisotopic (exact) mass is 249 g/mol. The minimum atomic E-state index is 0.0567. The highest BCUT2D eigenvalue weighted by Crippen LogP contribution is 2.27. The Balaban J connectivity index is 2.17. The number of nitrogens with two attached hydrogens (primary N) is 1. The first-order valence-corrected chi connectivity index (χ1v) is 6.15. The summed E-state index contributed by atoms with van der Waals surface area (Å²) in [6, 6.07) is 1.76. The van der Waals surface area contributed by atoms with Crippen LogP contribution in [-0.2, 0) is 5.41 Å². The number of hydrogen-bond donors (Lipinski definition) is 2. The lowest BCUT2D eigenvalue weighted by molar-refractivity contribution is 0.573. The van der Waals surface area contributed by atoms with E-state index in [1.165, 1.54) is 0 Å². The maximum Gasteiger partial charge on any atom is 0.221 e. The molecule has 17 heavy (non-hydrogen) atoms. The lowest BCUT2D eigenvalue weighted by atomic mass is 9.93.